The molecule has 1 rings (SSSR count). The van der Waals surface area contributed by atoms with Crippen molar-refractivity contribution in [3.63, 3.8) is 0 Å². The fourth-order valence-electron chi connectivity index (χ4n) is 1.44. The van der Waals surface area contributed by atoms with E-state index >= 15 is 0 Å². The number of amides is 1. The summed E-state index contributed by atoms with van der Waals surface area (Å²) < 4.78 is 74.0. The van der Waals surface area contributed by atoms with Gasteiger partial charge in [0.05, 0.1) is 5.56 Å². The topological polar surface area (TPSA) is 29.1 Å². The molecular formula is C11H8BrF6NO. The predicted molar refractivity (Wildman–Crippen MR) is 61.9 cm³/mol. The van der Waals surface area contributed by atoms with Gasteiger partial charge in [0.2, 0.25) is 0 Å². The first-order chi connectivity index (χ1) is 9.01. The zero-order chi connectivity index (χ0) is 15.6. The molecule has 0 unspecified atom stereocenters. The van der Waals surface area contributed by atoms with Gasteiger partial charge in [-0.2, -0.15) is 26.3 Å². The van der Waals surface area contributed by atoms with Gasteiger partial charge in [-0.25, -0.2) is 0 Å². The molecule has 112 valence electrons. The van der Waals surface area contributed by atoms with Gasteiger partial charge in [0.25, 0.3) is 0 Å². The van der Waals surface area contributed by atoms with Crippen molar-refractivity contribution in [3.8, 4) is 0 Å². The minimum Gasteiger partial charge on any atom is -0.348 e. The molecule has 0 spiro atoms. The SMILES string of the molecule is O=C(NCCc1ccc(Br)cc1C(F)(F)F)C(F)(F)F. The van der Waals surface area contributed by atoms with Crippen molar-refractivity contribution < 1.29 is 31.1 Å². The Bertz CT molecular complexity index is 497. The molecule has 1 aromatic rings. The van der Waals surface area contributed by atoms with Gasteiger partial charge in [0, 0.05) is 11.0 Å². The van der Waals surface area contributed by atoms with Crippen LogP contribution in [-0.2, 0) is 17.4 Å². The van der Waals surface area contributed by atoms with Gasteiger partial charge >= 0.3 is 18.3 Å². The van der Waals surface area contributed by atoms with E-state index in [4.69, 9.17) is 0 Å². The Balaban J connectivity index is 2.77. The van der Waals surface area contributed by atoms with Crippen LogP contribution in [-0.4, -0.2) is 18.6 Å². The van der Waals surface area contributed by atoms with Crippen molar-refractivity contribution in [1.29, 1.82) is 0 Å². The third-order valence-electron chi connectivity index (χ3n) is 2.31. The third-order valence-corrected chi connectivity index (χ3v) is 2.81. The summed E-state index contributed by atoms with van der Waals surface area (Å²) >= 11 is 2.89. The van der Waals surface area contributed by atoms with E-state index in [2.05, 4.69) is 15.9 Å². The number of rotatable bonds is 3. The Morgan fingerprint density at radius 1 is 1.15 bits per heavy atom. The van der Waals surface area contributed by atoms with Crippen LogP contribution in [0.1, 0.15) is 11.1 Å². The van der Waals surface area contributed by atoms with Gasteiger partial charge in [-0.1, -0.05) is 22.0 Å². The Morgan fingerprint density at radius 3 is 2.25 bits per heavy atom. The lowest BCUT2D eigenvalue weighted by Crippen LogP contribution is -2.37. The summed E-state index contributed by atoms with van der Waals surface area (Å²) in [6.07, 6.45) is -10.0. The summed E-state index contributed by atoms with van der Waals surface area (Å²) in [6, 6.07) is 3.32. The van der Waals surface area contributed by atoms with Gasteiger partial charge in [-0.3, -0.25) is 4.79 Å². The molecule has 1 amide bonds. The van der Waals surface area contributed by atoms with Crippen LogP contribution < -0.4 is 5.32 Å². The van der Waals surface area contributed by atoms with Gasteiger partial charge < -0.3 is 5.32 Å². The lowest BCUT2D eigenvalue weighted by atomic mass is 10.0. The minimum atomic E-state index is -5.05. The van der Waals surface area contributed by atoms with E-state index in [1.165, 1.54) is 11.4 Å². The number of carbonyl (C=O) groups excluding carboxylic acids is 1. The average Bonchev–Trinajstić information content (AvgIpc) is 2.28. The van der Waals surface area contributed by atoms with Gasteiger partial charge in [0.1, 0.15) is 0 Å². The van der Waals surface area contributed by atoms with Gasteiger partial charge in [-0.15, -0.1) is 0 Å². The third kappa shape index (κ3) is 4.69. The normalized spacial score (nSPS) is 12.3. The second-order valence-electron chi connectivity index (χ2n) is 3.80. The second-order valence-corrected chi connectivity index (χ2v) is 4.72. The summed E-state index contributed by atoms with van der Waals surface area (Å²) in [7, 11) is 0. The van der Waals surface area contributed by atoms with E-state index < -0.39 is 30.4 Å². The highest BCUT2D eigenvalue weighted by molar-refractivity contribution is 9.10. The Morgan fingerprint density at radius 2 is 1.75 bits per heavy atom. The summed E-state index contributed by atoms with van der Waals surface area (Å²) in [4.78, 5) is 10.5. The molecule has 1 aromatic carbocycles. The van der Waals surface area contributed by atoms with Crippen LogP contribution in [0.2, 0.25) is 0 Å². The molecule has 1 N–H and O–H groups in total. The molecule has 0 heterocycles. The molecule has 0 radical (unpaired) electrons. The number of nitrogens with one attached hydrogen (secondary N) is 1. The largest absolute Gasteiger partial charge is 0.471 e. The van der Waals surface area contributed by atoms with Crippen molar-refractivity contribution in [2.45, 2.75) is 18.8 Å². The maximum absolute atomic E-state index is 12.7. The summed E-state index contributed by atoms with van der Waals surface area (Å²) in [6.45, 7) is -0.539. The molecule has 0 fully saturated rings. The van der Waals surface area contributed by atoms with Crippen LogP contribution in [0, 0.1) is 0 Å². The highest BCUT2D eigenvalue weighted by Gasteiger charge is 2.38. The molecule has 2 nitrogen and oxygen atoms in total. The number of halogens is 7. The first-order valence-electron chi connectivity index (χ1n) is 5.22. The van der Waals surface area contributed by atoms with E-state index in [0.29, 0.717) is 0 Å². The van der Waals surface area contributed by atoms with E-state index in [-0.39, 0.29) is 16.5 Å². The molecule has 9 heteroatoms. The van der Waals surface area contributed by atoms with Gasteiger partial charge in [0.15, 0.2) is 0 Å². The van der Waals surface area contributed by atoms with E-state index in [1.54, 1.807) is 0 Å². The smallest absolute Gasteiger partial charge is 0.348 e. The fraction of sp³-hybridized carbons (Fsp3) is 0.364. The first-order valence-corrected chi connectivity index (χ1v) is 6.02. The number of hydrogen-bond donors (Lipinski definition) is 1. The predicted octanol–water partition coefficient (Wildman–Crippen LogP) is 3.69. The number of carbonyl (C=O) groups is 1. The second kappa shape index (κ2) is 6.02. The van der Waals surface area contributed by atoms with Gasteiger partial charge in [-0.05, 0) is 24.1 Å². The quantitative estimate of drug-likeness (QED) is 0.815. The van der Waals surface area contributed by atoms with Crippen molar-refractivity contribution in [1.82, 2.24) is 5.32 Å². The molecular weight excluding hydrogens is 356 g/mol. The maximum Gasteiger partial charge on any atom is 0.471 e. The van der Waals surface area contributed by atoms with Crippen LogP contribution in [0.5, 0.6) is 0 Å². The van der Waals surface area contributed by atoms with E-state index in [0.717, 1.165) is 12.1 Å². The van der Waals surface area contributed by atoms with E-state index in [9.17, 15) is 31.1 Å². The standard InChI is InChI=1S/C11H8BrF6NO/c12-7-2-1-6(8(5-7)10(13,14)15)3-4-19-9(20)11(16,17)18/h1-2,5H,3-4H2,(H,19,20). The highest BCUT2D eigenvalue weighted by Crippen LogP contribution is 2.34. The highest BCUT2D eigenvalue weighted by atomic mass is 79.9. The van der Waals surface area contributed by atoms with Crippen LogP contribution in [0.25, 0.3) is 0 Å². The lowest BCUT2D eigenvalue weighted by molar-refractivity contribution is -0.173. The van der Waals surface area contributed by atoms with Crippen molar-refractivity contribution >= 4 is 21.8 Å². The van der Waals surface area contributed by atoms with Crippen molar-refractivity contribution in [2.24, 2.45) is 0 Å². The lowest BCUT2D eigenvalue weighted by Gasteiger charge is -2.14. The van der Waals surface area contributed by atoms with Crippen LogP contribution in [0.3, 0.4) is 0 Å². The number of hydrogen-bond acceptors (Lipinski definition) is 1. The maximum atomic E-state index is 12.7. The molecule has 0 aliphatic heterocycles. The summed E-state index contributed by atoms with van der Waals surface area (Å²) in [5, 5.41) is 1.52. The average molecular weight is 364 g/mol. The Labute approximate surface area is 118 Å². The fourth-order valence-corrected chi connectivity index (χ4v) is 1.80. The van der Waals surface area contributed by atoms with Crippen molar-refractivity contribution in [2.75, 3.05) is 6.54 Å². The molecule has 0 bridgehead atoms. The van der Waals surface area contributed by atoms with E-state index in [1.807, 2.05) is 0 Å². The van der Waals surface area contributed by atoms with Crippen LogP contribution >= 0.6 is 15.9 Å². The molecule has 0 aromatic heterocycles. The molecule has 0 aliphatic rings. The number of benzene rings is 1. The van der Waals surface area contributed by atoms with Crippen molar-refractivity contribution in [3.05, 3.63) is 33.8 Å². The zero-order valence-electron chi connectivity index (χ0n) is 9.70. The van der Waals surface area contributed by atoms with Crippen LogP contribution in [0.15, 0.2) is 22.7 Å². The first kappa shape index (κ1) is 16.8. The molecule has 0 aliphatic carbocycles. The minimum absolute atomic E-state index is 0.192. The molecule has 0 atom stereocenters. The summed E-state index contributed by atoms with van der Waals surface area (Å²) in [5.74, 6) is -2.18. The Kier molecular flexibility index (Phi) is 5.06. The van der Waals surface area contributed by atoms with Crippen LogP contribution in [0.4, 0.5) is 26.3 Å². The monoisotopic (exact) mass is 363 g/mol. The summed E-state index contributed by atoms with van der Waals surface area (Å²) in [5.41, 5.74) is -1.14. The molecule has 0 saturated heterocycles. The molecule has 0 saturated carbocycles. The zero-order valence-corrected chi connectivity index (χ0v) is 11.3. The number of alkyl halides is 6. The Hall–Kier alpha value is -1.25. The molecule has 20 heavy (non-hydrogen) atoms.